The van der Waals surface area contributed by atoms with Crippen molar-refractivity contribution < 1.29 is 0 Å². The van der Waals surface area contributed by atoms with Crippen molar-refractivity contribution in [1.29, 1.82) is 0 Å². The Bertz CT molecular complexity index is 1130. The maximum atomic E-state index is 2.38. The number of thiophene rings is 1. The minimum absolute atomic E-state index is 1.11. The topological polar surface area (TPSA) is 0 Å². The zero-order chi connectivity index (χ0) is 15.7. The van der Waals surface area contributed by atoms with E-state index in [1.165, 1.54) is 50.1 Å². The quantitative estimate of drug-likeness (QED) is 0.316. The normalized spacial score (nSPS) is 14.2. The minimum atomic E-state index is 1.11. The van der Waals surface area contributed by atoms with Gasteiger partial charge in [-0.25, -0.2) is 0 Å². The molecule has 0 atom stereocenters. The van der Waals surface area contributed by atoms with Crippen molar-refractivity contribution in [1.82, 2.24) is 0 Å². The van der Waals surface area contributed by atoms with E-state index in [4.69, 9.17) is 0 Å². The molecule has 4 aromatic rings. The van der Waals surface area contributed by atoms with Gasteiger partial charge < -0.3 is 0 Å². The average Bonchev–Trinajstić information content (AvgIpc) is 3.20. The first-order valence-corrected chi connectivity index (χ1v) is 9.45. The van der Waals surface area contributed by atoms with E-state index < -0.39 is 0 Å². The second-order valence-electron chi connectivity index (χ2n) is 6.86. The van der Waals surface area contributed by atoms with Crippen LogP contribution in [-0.4, -0.2) is 0 Å². The molecule has 0 saturated heterocycles. The Hall–Kier alpha value is -2.38. The molecule has 0 radical (unpaired) electrons. The molecular formula is C23H16S. The van der Waals surface area contributed by atoms with Crippen LogP contribution in [0, 0.1) is 0 Å². The summed E-state index contributed by atoms with van der Waals surface area (Å²) < 4.78 is 1.43. The standard InChI is InChI=1S/C23H16S/c1-2-6-15-14(5-1)13-21-16(15)9-11-19-17(21)10-12-20-18-7-3-4-8-22(18)24-23(19)20/h1-9,11H,10,12-13H2. The first-order chi connectivity index (χ1) is 11.9. The van der Waals surface area contributed by atoms with Gasteiger partial charge in [-0.3, -0.25) is 0 Å². The molecule has 0 fully saturated rings. The molecule has 1 aromatic heterocycles. The van der Waals surface area contributed by atoms with Crippen LogP contribution in [0.5, 0.6) is 0 Å². The van der Waals surface area contributed by atoms with E-state index in [0.717, 1.165) is 6.42 Å². The zero-order valence-electron chi connectivity index (χ0n) is 13.3. The van der Waals surface area contributed by atoms with Crippen molar-refractivity contribution in [3.63, 3.8) is 0 Å². The lowest BCUT2D eigenvalue weighted by Crippen LogP contribution is -2.05. The second kappa shape index (κ2) is 4.58. The summed E-state index contributed by atoms with van der Waals surface area (Å²) in [6.45, 7) is 0. The van der Waals surface area contributed by atoms with E-state index in [0.29, 0.717) is 0 Å². The number of aryl methyl sites for hydroxylation is 1. The van der Waals surface area contributed by atoms with Gasteiger partial charge in [-0.05, 0) is 69.7 Å². The van der Waals surface area contributed by atoms with Crippen LogP contribution in [0.4, 0.5) is 0 Å². The summed E-state index contributed by atoms with van der Waals surface area (Å²) in [5, 5.41) is 1.46. The smallest absolute Gasteiger partial charge is 0.0390 e. The fourth-order valence-corrected chi connectivity index (χ4v) is 5.89. The van der Waals surface area contributed by atoms with E-state index in [1.807, 2.05) is 11.3 Å². The lowest BCUT2D eigenvalue weighted by Gasteiger charge is -2.20. The number of rotatable bonds is 0. The Morgan fingerprint density at radius 1 is 0.625 bits per heavy atom. The van der Waals surface area contributed by atoms with E-state index in [-0.39, 0.29) is 0 Å². The van der Waals surface area contributed by atoms with Crippen LogP contribution in [0.25, 0.3) is 31.7 Å². The minimum Gasteiger partial charge on any atom is -0.135 e. The lowest BCUT2D eigenvalue weighted by atomic mass is 9.85. The summed E-state index contributed by atoms with van der Waals surface area (Å²) in [4.78, 5) is 1.51. The van der Waals surface area contributed by atoms with Crippen LogP contribution >= 0.6 is 11.3 Å². The highest BCUT2D eigenvalue weighted by Crippen LogP contribution is 2.48. The van der Waals surface area contributed by atoms with Gasteiger partial charge in [-0.2, -0.15) is 0 Å². The molecule has 1 heterocycles. The largest absolute Gasteiger partial charge is 0.135 e. The van der Waals surface area contributed by atoms with Gasteiger partial charge >= 0.3 is 0 Å². The number of hydrogen-bond donors (Lipinski definition) is 0. The summed E-state index contributed by atoms with van der Waals surface area (Å²) in [6, 6.07) is 22.5. The van der Waals surface area contributed by atoms with Crippen LogP contribution < -0.4 is 0 Å². The maximum absolute atomic E-state index is 2.38. The van der Waals surface area contributed by atoms with Gasteiger partial charge in [0.15, 0.2) is 0 Å². The van der Waals surface area contributed by atoms with Crippen molar-refractivity contribution in [2.24, 2.45) is 0 Å². The molecule has 3 aromatic carbocycles. The molecule has 2 aliphatic carbocycles. The number of fused-ring (bicyclic) bond motifs is 9. The van der Waals surface area contributed by atoms with Gasteiger partial charge in [0.05, 0.1) is 0 Å². The molecular weight excluding hydrogens is 308 g/mol. The number of hydrogen-bond acceptors (Lipinski definition) is 1. The molecule has 2 aliphatic rings. The summed E-state index contributed by atoms with van der Waals surface area (Å²) in [6.07, 6.45) is 3.47. The van der Waals surface area contributed by atoms with Crippen LogP contribution in [0.1, 0.15) is 22.3 Å². The Labute approximate surface area is 145 Å². The van der Waals surface area contributed by atoms with E-state index in [1.54, 1.807) is 16.7 Å². The molecule has 0 bridgehead atoms. The van der Waals surface area contributed by atoms with Crippen LogP contribution in [0.2, 0.25) is 0 Å². The Balaban J connectivity index is 1.63. The van der Waals surface area contributed by atoms with E-state index in [2.05, 4.69) is 60.7 Å². The number of benzene rings is 3. The average molecular weight is 324 g/mol. The highest BCUT2D eigenvalue weighted by atomic mass is 32.1. The van der Waals surface area contributed by atoms with Crippen molar-refractivity contribution in [3.05, 3.63) is 82.9 Å². The van der Waals surface area contributed by atoms with Gasteiger partial charge in [-0.1, -0.05) is 54.6 Å². The monoisotopic (exact) mass is 324 g/mol. The molecule has 1 heteroatoms. The molecule has 0 amide bonds. The fraction of sp³-hybridized carbons (Fsp3) is 0.130. The summed E-state index contributed by atoms with van der Waals surface area (Å²) in [5.41, 5.74) is 10.6. The Morgan fingerprint density at radius 2 is 1.42 bits per heavy atom. The SMILES string of the molecule is c1ccc2c(c1)Cc1c-2ccc2c1CCc1c-2sc2ccccc12. The van der Waals surface area contributed by atoms with Gasteiger partial charge in [0.25, 0.3) is 0 Å². The molecule has 6 rings (SSSR count). The second-order valence-corrected chi connectivity index (χ2v) is 7.91. The van der Waals surface area contributed by atoms with Crippen molar-refractivity contribution in [3.8, 4) is 21.6 Å². The predicted octanol–water partition coefficient (Wildman–Crippen LogP) is 6.24. The van der Waals surface area contributed by atoms with Gasteiger partial charge in [0.2, 0.25) is 0 Å². The predicted molar refractivity (Wildman–Crippen MR) is 103 cm³/mol. The van der Waals surface area contributed by atoms with Gasteiger partial charge in [0, 0.05) is 9.58 Å². The van der Waals surface area contributed by atoms with Crippen LogP contribution in [0.3, 0.4) is 0 Å². The third-order valence-corrected chi connectivity index (χ3v) is 6.92. The first kappa shape index (κ1) is 13.0. The molecule has 0 nitrogen and oxygen atoms in total. The van der Waals surface area contributed by atoms with E-state index >= 15 is 0 Å². The molecule has 24 heavy (non-hydrogen) atoms. The van der Waals surface area contributed by atoms with Crippen molar-refractivity contribution >= 4 is 21.4 Å². The maximum Gasteiger partial charge on any atom is 0.0390 e. The molecule has 0 unspecified atom stereocenters. The summed E-state index contributed by atoms with van der Waals surface area (Å²) in [7, 11) is 0. The molecule has 0 aliphatic heterocycles. The lowest BCUT2D eigenvalue weighted by molar-refractivity contribution is 0.939. The van der Waals surface area contributed by atoms with Crippen LogP contribution in [0.15, 0.2) is 60.7 Å². The molecule has 0 saturated carbocycles. The summed E-state index contributed by atoms with van der Waals surface area (Å²) in [5.74, 6) is 0. The zero-order valence-corrected chi connectivity index (χ0v) is 14.1. The highest BCUT2D eigenvalue weighted by molar-refractivity contribution is 7.22. The van der Waals surface area contributed by atoms with Gasteiger partial charge in [-0.15, -0.1) is 11.3 Å². The Kier molecular flexibility index (Phi) is 2.48. The van der Waals surface area contributed by atoms with Gasteiger partial charge in [0.1, 0.15) is 0 Å². The third kappa shape index (κ3) is 1.58. The van der Waals surface area contributed by atoms with Crippen LogP contribution in [-0.2, 0) is 19.3 Å². The fourth-order valence-electron chi connectivity index (χ4n) is 4.59. The van der Waals surface area contributed by atoms with Crippen molar-refractivity contribution in [2.75, 3.05) is 0 Å². The third-order valence-electron chi connectivity index (χ3n) is 5.67. The van der Waals surface area contributed by atoms with E-state index in [9.17, 15) is 0 Å². The molecule has 114 valence electrons. The molecule has 0 N–H and O–H groups in total. The molecule has 0 spiro atoms. The highest BCUT2D eigenvalue weighted by Gasteiger charge is 2.27. The Morgan fingerprint density at radius 3 is 2.42 bits per heavy atom. The summed E-state index contributed by atoms with van der Waals surface area (Å²) >= 11 is 1.97. The first-order valence-electron chi connectivity index (χ1n) is 8.64. The van der Waals surface area contributed by atoms with Crippen molar-refractivity contribution in [2.45, 2.75) is 19.3 Å².